The smallest absolute Gasteiger partial charge is 0.480 e. The average Bonchev–Trinajstić information content (AvgIpc) is 3.14. The van der Waals surface area contributed by atoms with Gasteiger partial charge in [0, 0.05) is 22.5 Å². The molecule has 1 amide bonds. The average molecular weight is 448 g/mol. The normalized spacial score (nSPS) is 23.4. The van der Waals surface area contributed by atoms with Crippen LogP contribution in [-0.2, 0) is 21.3 Å². The highest BCUT2D eigenvalue weighted by Gasteiger charge is 2.54. The Balaban J connectivity index is 1.79. The minimum atomic E-state index is -1.27. The van der Waals surface area contributed by atoms with Crippen LogP contribution >= 0.6 is 11.6 Å². The molecule has 1 unspecified atom stereocenters. The predicted molar refractivity (Wildman–Crippen MR) is 116 cm³/mol. The number of nitrogens with one attached hydrogen (secondary N) is 1. The van der Waals surface area contributed by atoms with E-state index in [2.05, 4.69) is 5.32 Å². The lowest BCUT2D eigenvalue weighted by molar-refractivity contribution is 0.00578. The van der Waals surface area contributed by atoms with E-state index < -0.39 is 35.8 Å². The van der Waals surface area contributed by atoms with Crippen molar-refractivity contribution in [1.82, 2.24) is 5.32 Å². The summed E-state index contributed by atoms with van der Waals surface area (Å²) < 4.78 is 33.4. The van der Waals surface area contributed by atoms with Gasteiger partial charge in [-0.15, -0.1) is 0 Å². The van der Waals surface area contributed by atoms with Crippen molar-refractivity contribution in [2.75, 3.05) is 6.54 Å². The Morgan fingerprint density at radius 2 is 1.81 bits per heavy atom. The molecule has 0 saturated carbocycles. The molecule has 9 heteroatoms. The molecule has 2 N–H and O–H groups in total. The van der Waals surface area contributed by atoms with Crippen LogP contribution < -0.4 is 15.5 Å². The van der Waals surface area contributed by atoms with Crippen molar-refractivity contribution in [3.05, 3.63) is 58.4 Å². The molecule has 2 aromatic rings. The number of hydrogen-bond acceptors (Lipinski definition) is 4. The molecule has 1 fully saturated rings. The van der Waals surface area contributed by atoms with Gasteiger partial charge in [-0.1, -0.05) is 29.8 Å². The van der Waals surface area contributed by atoms with E-state index in [-0.39, 0.29) is 18.5 Å². The van der Waals surface area contributed by atoms with Crippen molar-refractivity contribution in [2.24, 2.45) is 0 Å². The zero-order valence-electron chi connectivity index (χ0n) is 17.8. The highest BCUT2D eigenvalue weighted by Crippen LogP contribution is 2.44. The van der Waals surface area contributed by atoms with Crippen molar-refractivity contribution in [2.45, 2.75) is 50.9 Å². The van der Waals surface area contributed by atoms with Crippen molar-refractivity contribution in [3.8, 4) is 5.75 Å². The van der Waals surface area contributed by atoms with E-state index >= 15 is 0 Å². The first-order chi connectivity index (χ1) is 14.5. The van der Waals surface area contributed by atoms with E-state index in [9.17, 15) is 14.3 Å². The topological polar surface area (TPSA) is 77.0 Å². The minimum Gasteiger partial charge on any atom is -0.480 e. The van der Waals surface area contributed by atoms with Gasteiger partial charge in [0.25, 0.3) is 0 Å². The molecule has 0 aliphatic carbocycles. The van der Waals surface area contributed by atoms with Gasteiger partial charge in [0.15, 0.2) is 5.60 Å². The summed E-state index contributed by atoms with van der Waals surface area (Å²) in [5.41, 5.74) is -0.827. The maximum atomic E-state index is 14.8. The van der Waals surface area contributed by atoms with Crippen LogP contribution in [0.5, 0.6) is 5.75 Å². The zero-order chi connectivity index (χ0) is 22.6. The van der Waals surface area contributed by atoms with Crippen LogP contribution in [0.1, 0.15) is 38.8 Å². The number of fused-ring (bicyclic) bond motifs is 1. The van der Waals surface area contributed by atoms with Gasteiger partial charge < -0.3 is 24.5 Å². The standard InChI is InChI=1S/C22H24BClFNO5/c1-20(2)21(3,4)31-23(30-20)18-13-11-22(12-26-19(27)28,14-7-5-6-8-16(14)25)29-17(13)10-9-15(18)24/h5-10,26H,11-12H2,1-4H3,(H,27,28). The van der Waals surface area contributed by atoms with E-state index in [1.807, 2.05) is 27.7 Å². The maximum absolute atomic E-state index is 14.8. The van der Waals surface area contributed by atoms with Crippen LogP contribution in [0.15, 0.2) is 36.4 Å². The molecule has 0 radical (unpaired) electrons. The highest BCUT2D eigenvalue weighted by atomic mass is 35.5. The number of carbonyl (C=O) groups is 1. The number of ether oxygens (including phenoxy) is 1. The third-order valence-corrected chi connectivity index (χ3v) is 6.74. The van der Waals surface area contributed by atoms with Crippen LogP contribution in [0, 0.1) is 5.82 Å². The van der Waals surface area contributed by atoms with Gasteiger partial charge >= 0.3 is 13.2 Å². The van der Waals surface area contributed by atoms with Crippen LogP contribution in [0.25, 0.3) is 0 Å². The molecule has 2 aliphatic rings. The summed E-state index contributed by atoms with van der Waals surface area (Å²) in [5, 5.41) is 12.0. The van der Waals surface area contributed by atoms with Crippen LogP contribution in [0.4, 0.5) is 9.18 Å². The number of benzene rings is 2. The van der Waals surface area contributed by atoms with Crippen LogP contribution in [-0.4, -0.2) is 36.1 Å². The number of rotatable bonds is 4. The zero-order valence-corrected chi connectivity index (χ0v) is 18.5. The van der Waals surface area contributed by atoms with Crippen LogP contribution in [0.3, 0.4) is 0 Å². The van der Waals surface area contributed by atoms with E-state index in [1.54, 1.807) is 30.3 Å². The molecule has 164 valence electrons. The number of halogens is 2. The predicted octanol–water partition coefficient (Wildman–Crippen LogP) is 3.88. The Bertz CT molecular complexity index is 1030. The number of hydrogen-bond donors (Lipinski definition) is 2. The van der Waals surface area contributed by atoms with E-state index in [0.717, 1.165) is 0 Å². The van der Waals surface area contributed by atoms with Gasteiger partial charge in [-0.2, -0.15) is 0 Å². The Kier molecular flexibility index (Phi) is 5.23. The Labute approximate surface area is 185 Å². The van der Waals surface area contributed by atoms with Crippen molar-refractivity contribution in [3.63, 3.8) is 0 Å². The van der Waals surface area contributed by atoms with Crippen LogP contribution in [0.2, 0.25) is 5.02 Å². The quantitative estimate of drug-likeness (QED) is 0.696. The summed E-state index contributed by atoms with van der Waals surface area (Å²) >= 11 is 6.57. The second-order valence-corrected chi connectivity index (χ2v) is 9.34. The molecular formula is C22H24BClFNO5. The first-order valence-corrected chi connectivity index (χ1v) is 10.4. The summed E-state index contributed by atoms with van der Waals surface area (Å²) in [7, 11) is -0.736. The molecule has 1 atom stereocenters. The lowest BCUT2D eigenvalue weighted by atomic mass is 9.73. The molecule has 4 rings (SSSR count). The highest BCUT2D eigenvalue weighted by molar-refractivity contribution is 6.66. The fourth-order valence-electron chi connectivity index (χ4n) is 4.04. The third kappa shape index (κ3) is 3.66. The summed E-state index contributed by atoms with van der Waals surface area (Å²) in [6, 6.07) is 9.58. The first-order valence-electron chi connectivity index (χ1n) is 10.0. The second-order valence-electron chi connectivity index (χ2n) is 8.94. The van der Waals surface area contributed by atoms with Gasteiger partial charge in [0.2, 0.25) is 0 Å². The molecule has 2 aliphatic heterocycles. The summed E-state index contributed by atoms with van der Waals surface area (Å²) in [5.74, 6) is 0.00956. The first kappa shape index (κ1) is 21.9. The number of carboxylic acid groups (broad SMARTS) is 1. The van der Waals surface area contributed by atoms with Crippen molar-refractivity contribution >= 4 is 30.3 Å². The van der Waals surface area contributed by atoms with Gasteiger partial charge in [-0.3, -0.25) is 0 Å². The Morgan fingerprint density at radius 1 is 1.16 bits per heavy atom. The Hall–Kier alpha value is -2.29. The van der Waals surface area contributed by atoms with E-state index in [1.165, 1.54) is 6.07 Å². The second kappa shape index (κ2) is 7.40. The fourth-order valence-corrected chi connectivity index (χ4v) is 4.30. The van der Waals surface area contributed by atoms with Gasteiger partial charge in [0.05, 0.1) is 17.7 Å². The van der Waals surface area contributed by atoms with Gasteiger partial charge in [-0.25, -0.2) is 9.18 Å². The summed E-state index contributed by atoms with van der Waals surface area (Å²) in [6.45, 7) is 7.64. The largest absolute Gasteiger partial charge is 0.496 e. The van der Waals surface area contributed by atoms with Gasteiger partial charge in [-0.05, 0) is 51.5 Å². The number of amides is 1. The summed E-state index contributed by atoms with van der Waals surface area (Å²) in [6.07, 6.45) is -1.02. The molecule has 0 aromatic heterocycles. The third-order valence-electron chi connectivity index (χ3n) is 6.41. The maximum Gasteiger partial charge on any atom is 0.496 e. The minimum absolute atomic E-state index is 0.141. The van der Waals surface area contributed by atoms with Gasteiger partial charge in [0.1, 0.15) is 11.6 Å². The molecule has 2 heterocycles. The molecule has 0 spiro atoms. The molecular weight excluding hydrogens is 424 g/mol. The monoisotopic (exact) mass is 447 g/mol. The lowest BCUT2D eigenvalue weighted by Crippen LogP contribution is -2.45. The molecule has 2 aromatic carbocycles. The summed E-state index contributed by atoms with van der Waals surface area (Å²) in [4.78, 5) is 11.2. The molecule has 1 saturated heterocycles. The van der Waals surface area contributed by atoms with Crippen molar-refractivity contribution in [1.29, 1.82) is 0 Å². The van der Waals surface area contributed by atoms with E-state index in [4.69, 9.17) is 25.6 Å². The molecule has 31 heavy (non-hydrogen) atoms. The molecule has 0 bridgehead atoms. The Morgan fingerprint density at radius 3 is 2.42 bits per heavy atom. The lowest BCUT2D eigenvalue weighted by Gasteiger charge is -2.32. The SMILES string of the molecule is CC1(C)OB(c2c(Cl)ccc3c2CC(CNC(=O)O)(c2ccccc2F)O3)OC1(C)C. The van der Waals surface area contributed by atoms with Crippen molar-refractivity contribution < 1.29 is 28.3 Å². The fraction of sp³-hybridized carbons (Fsp3) is 0.409. The van der Waals surface area contributed by atoms with E-state index in [0.29, 0.717) is 21.8 Å². The molecule has 6 nitrogen and oxygen atoms in total.